The molecule has 0 aliphatic carbocycles. The lowest BCUT2D eigenvalue weighted by atomic mass is 10.1. The van der Waals surface area contributed by atoms with Gasteiger partial charge in [-0.25, -0.2) is 4.79 Å². The Hall–Kier alpha value is -3.18. The van der Waals surface area contributed by atoms with Crippen LogP contribution in [0.5, 0.6) is 0 Å². The van der Waals surface area contributed by atoms with E-state index in [4.69, 9.17) is 4.74 Å². The average Bonchev–Trinajstić information content (AvgIpc) is 3.10. The number of anilines is 1. The van der Waals surface area contributed by atoms with Gasteiger partial charge in [0, 0.05) is 10.4 Å². The van der Waals surface area contributed by atoms with Crippen molar-refractivity contribution >= 4 is 49.8 Å². The van der Waals surface area contributed by atoms with E-state index in [2.05, 4.69) is 5.32 Å². The summed E-state index contributed by atoms with van der Waals surface area (Å²) in [4.78, 5) is 24.7. The molecule has 1 N–H and O–H groups in total. The Balaban J connectivity index is 1.38. The molecule has 0 fully saturated rings. The Kier molecular flexibility index (Phi) is 4.37. The summed E-state index contributed by atoms with van der Waals surface area (Å²) >= 11 is 1.36. The van der Waals surface area contributed by atoms with Crippen LogP contribution < -0.4 is 5.32 Å². The molecule has 0 radical (unpaired) electrons. The molecule has 26 heavy (non-hydrogen) atoms. The minimum Gasteiger partial charge on any atom is -0.451 e. The number of nitrogens with one attached hydrogen (secondary N) is 1. The number of ether oxygens (including phenoxy) is 1. The molecular formula is C21H15NO3S. The van der Waals surface area contributed by atoms with Crippen LogP contribution >= 0.6 is 11.3 Å². The van der Waals surface area contributed by atoms with E-state index in [1.807, 2.05) is 66.7 Å². The van der Waals surface area contributed by atoms with E-state index in [9.17, 15) is 9.59 Å². The van der Waals surface area contributed by atoms with Crippen LogP contribution in [0.2, 0.25) is 0 Å². The minimum atomic E-state index is -0.486. The second kappa shape index (κ2) is 6.98. The number of carbonyl (C=O) groups excluding carboxylic acids is 2. The molecule has 4 rings (SSSR count). The number of hydrogen-bond acceptors (Lipinski definition) is 4. The number of fused-ring (bicyclic) bond motifs is 2. The second-order valence-electron chi connectivity index (χ2n) is 5.83. The van der Waals surface area contributed by atoms with Crippen LogP contribution in [0, 0.1) is 0 Å². The number of carbonyl (C=O) groups is 2. The van der Waals surface area contributed by atoms with Crippen LogP contribution in [0.4, 0.5) is 5.69 Å². The van der Waals surface area contributed by atoms with Gasteiger partial charge in [-0.1, -0.05) is 48.5 Å². The summed E-state index contributed by atoms with van der Waals surface area (Å²) in [6, 6.07) is 23.1. The van der Waals surface area contributed by atoms with Crippen LogP contribution in [0.25, 0.3) is 20.9 Å². The van der Waals surface area contributed by atoms with Crippen molar-refractivity contribution in [3.63, 3.8) is 0 Å². The van der Waals surface area contributed by atoms with Gasteiger partial charge in [-0.05, 0) is 40.4 Å². The summed E-state index contributed by atoms with van der Waals surface area (Å²) in [6.45, 7) is -0.320. The summed E-state index contributed by atoms with van der Waals surface area (Å²) in [5.74, 6) is -0.852. The summed E-state index contributed by atoms with van der Waals surface area (Å²) in [6.07, 6.45) is 0. The van der Waals surface area contributed by atoms with Crippen LogP contribution in [0.3, 0.4) is 0 Å². The summed E-state index contributed by atoms with van der Waals surface area (Å²) in [5.41, 5.74) is 0.673. The van der Waals surface area contributed by atoms with Crippen LogP contribution in [0.15, 0.2) is 72.8 Å². The lowest BCUT2D eigenvalue weighted by Crippen LogP contribution is -2.20. The molecular weight excluding hydrogens is 346 g/mol. The zero-order valence-electron chi connectivity index (χ0n) is 13.8. The molecule has 0 aliphatic rings. The van der Waals surface area contributed by atoms with E-state index in [1.54, 1.807) is 6.07 Å². The molecule has 0 bridgehead atoms. The van der Waals surface area contributed by atoms with Crippen LogP contribution in [-0.4, -0.2) is 18.5 Å². The maximum Gasteiger partial charge on any atom is 0.348 e. The highest BCUT2D eigenvalue weighted by atomic mass is 32.1. The number of hydrogen-bond donors (Lipinski definition) is 1. The van der Waals surface area contributed by atoms with Gasteiger partial charge in [0.25, 0.3) is 5.91 Å². The molecule has 1 heterocycles. The molecule has 1 aromatic heterocycles. The van der Waals surface area contributed by atoms with Gasteiger partial charge in [0.2, 0.25) is 0 Å². The molecule has 4 nitrogen and oxygen atoms in total. The Morgan fingerprint density at radius 3 is 2.38 bits per heavy atom. The molecule has 0 atom stereocenters. The fourth-order valence-corrected chi connectivity index (χ4v) is 3.71. The average molecular weight is 361 g/mol. The standard InChI is InChI=1S/C21H15NO3S/c23-20(22-17-10-9-14-5-1-2-6-15(14)11-17)13-25-21(24)19-12-16-7-3-4-8-18(16)26-19/h1-12H,13H2,(H,22,23). The third-order valence-electron chi connectivity index (χ3n) is 3.99. The maximum absolute atomic E-state index is 12.2. The molecule has 1 amide bonds. The van der Waals surface area contributed by atoms with Crippen molar-refractivity contribution in [2.45, 2.75) is 0 Å². The summed E-state index contributed by atoms with van der Waals surface area (Å²) in [7, 11) is 0. The third-order valence-corrected chi connectivity index (χ3v) is 5.09. The highest BCUT2D eigenvalue weighted by molar-refractivity contribution is 7.20. The van der Waals surface area contributed by atoms with E-state index >= 15 is 0 Å². The Morgan fingerprint density at radius 1 is 0.846 bits per heavy atom. The van der Waals surface area contributed by atoms with Gasteiger partial charge in [0.1, 0.15) is 4.88 Å². The van der Waals surface area contributed by atoms with Gasteiger partial charge in [-0.15, -0.1) is 11.3 Å². The monoisotopic (exact) mass is 361 g/mol. The van der Waals surface area contributed by atoms with Crippen molar-refractivity contribution in [2.75, 3.05) is 11.9 Å². The van der Waals surface area contributed by atoms with Crippen LogP contribution in [0.1, 0.15) is 9.67 Å². The predicted molar refractivity (Wildman–Crippen MR) is 105 cm³/mol. The first-order valence-electron chi connectivity index (χ1n) is 8.13. The van der Waals surface area contributed by atoms with E-state index in [0.29, 0.717) is 10.6 Å². The fraction of sp³-hybridized carbons (Fsp3) is 0.0476. The molecule has 128 valence electrons. The van der Waals surface area contributed by atoms with Crippen molar-refractivity contribution in [1.29, 1.82) is 0 Å². The molecule has 0 saturated carbocycles. The van der Waals surface area contributed by atoms with Crippen molar-refractivity contribution < 1.29 is 14.3 Å². The van der Waals surface area contributed by atoms with Crippen LogP contribution in [-0.2, 0) is 9.53 Å². The SMILES string of the molecule is O=C(COC(=O)c1cc2ccccc2s1)Nc1ccc2ccccc2c1. The van der Waals surface area contributed by atoms with Crippen molar-refractivity contribution in [1.82, 2.24) is 0 Å². The summed E-state index contributed by atoms with van der Waals surface area (Å²) < 4.78 is 6.15. The molecule has 0 spiro atoms. The topological polar surface area (TPSA) is 55.4 Å². The predicted octanol–water partition coefficient (Wildman–Crippen LogP) is 4.85. The Bertz CT molecular complexity index is 1080. The van der Waals surface area contributed by atoms with E-state index in [-0.39, 0.29) is 12.5 Å². The fourth-order valence-electron chi connectivity index (χ4n) is 2.75. The van der Waals surface area contributed by atoms with E-state index in [1.165, 1.54) is 11.3 Å². The van der Waals surface area contributed by atoms with Crippen molar-refractivity contribution in [3.8, 4) is 0 Å². The zero-order chi connectivity index (χ0) is 17.9. The largest absolute Gasteiger partial charge is 0.451 e. The van der Waals surface area contributed by atoms with E-state index in [0.717, 1.165) is 20.9 Å². The first kappa shape index (κ1) is 16.3. The van der Waals surface area contributed by atoms with Gasteiger partial charge >= 0.3 is 5.97 Å². The molecule has 0 unspecified atom stereocenters. The Labute approximate surface area is 154 Å². The van der Waals surface area contributed by atoms with Gasteiger partial charge in [-0.2, -0.15) is 0 Å². The Morgan fingerprint density at radius 2 is 1.58 bits per heavy atom. The lowest BCUT2D eigenvalue weighted by molar-refractivity contribution is -0.119. The number of amides is 1. The van der Waals surface area contributed by atoms with Crippen molar-refractivity contribution in [2.24, 2.45) is 0 Å². The highest BCUT2D eigenvalue weighted by Gasteiger charge is 2.13. The normalized spacial score (nSPS) is 10.8. The van der Waals surface area contributed by atoms with Gasteiger partial charge < -0.3 is 10.1 Å². The van der Waals surface area contributed by atoms with Gasteiger partial charge in [-0.3, -0.25) is 4.79 Å². The molecule has 4 aromatic rings. The van der Waals surface area contributed by atoms with E-state index < -0.39 is 5.97 Å². The first-order valence-corrected chi connectivity index (χ1v) is 8.95. The maximum atomic E-state index is 12.2. The zero-order valence-corrected chi connectivity index (χ0v) is 14.6. The first-order chi connectivity index (χ1) is 12.7. The smallest absolute Gasteiger partial charge is 0.348 e. The number of benzene rings is 3. The van der Waals surface area contributed by atoms with Crippen molar-refractivity contribution in [3.05, 3.63) is 77.7 Å². The second-order valence-corrected chi connectivity index (χ2v) is 6.92. The third kappa shape index (κ3) is 3.43. The number of rotatable bonds is 4. The van der Waals surface area contributed by atoms with Gasteiger partial charge in [0.15, 0.2) is 6.61 Å². The number of thiophene rings is 1. The quantitative estimate of drug-likeness (QED) is 0.529. The summed E-state index contributed by atoms with van der Waals surface area (Å²) in [5, 5.41) is 5.88. The molecule has 0 saturated heterocycles. The van der Waals surface area contributed by atoms with Gasteiger partial charge in [0.05, 0.1) is 0 Å². The number of esters is 1. The lowest BCUT2D eigenvalue weighted by Gasteiger charge is -2.07. The highest BCUT2D eigenvalue weighted by Crippen LogP contribution is 2.25. The molecule has 0 aliphatic heterocycles. The molecule has 5 heteroatoms. The molecule has 3 aromatic carbocycles. The minimum absolute atomic E-state index is 0.320.